The summed E-state index contributed by atoms with van der Waals surface area (Å²) in [7, 11) is 0. The SMILES string of the molecule is O=C1OCC2CC(c3ccccc3)c3ccccc3C(Cl)=C12. The van der Waals surface area contributed by atoms with Crippen molar-refractivity contribution in [1.82, 2.24) is 0 Å². The first-order valence-corrected chi connectivity index (χ1v) is 7.84. The van der Waals surface area contributed by atoms with Crippen LogP contribution in [-0.2, 0) is 9.53 Å². The molecule has 0 radical (unpaired) electrons. The van der Waals surface area contributed by atoms with Gasteiger partial charge in [-0.2, -0.15) is 0 Å². The number of esters is 1. The molecule has 2 nitrogen and oxygen atoms in total. The average molecular weight is 311 g/mol. The second kappa shape index (κ2) is 5.29. The Kier molecular flexibility index (Phi) is 3.27. The fraction of sp³-hybridized carbons (Fsp3) is 0.211. The standard InChI is InChI=1S/C19H15ClO2/c20-18-15-9-5-4-8-14(15)16(12-6-2-1-3-7-12)10-13-11-22-19(21)17(13)18/h1-9,13,16H,10-11H2. The van der Waals surface area contributed by atoms with E-state index in [-0.39, 0.29) is 17.8 Å². The van der Waals surface area contributed by atoms with Crippen LogP contribution in [-0.4, -0.2) is 12.6 Å². The zero-order valence-corrected chi connectivity index (χ0v) is 12.7. The van der Waals surface area contributed by atoms with Crippen molar-refractivity contribution in [3.63, 3.8) is 0 Å². The van der Waals surface area contributed by atoms with Gasteiger partial charge in [-0.3, -0.25) is 0 Å². The van der Waals surface area contributed by atoms with Gasteiger partial charge < -0.3 is 4.74 Å². The molecule has 0 bridgehead atoms. The van der Waals surface area contributed by atoms with Crippen molar-refractivity contribution in [1.29, 1.82) is 0 Å². The summed E-state index contributed by atoms with van der Waals surface area (Å²) in [6.45, 7) is 0.432. The maximum atomic E-state index is 12.1. The van der Waals surface area contributed by atoms with Crippen molar-refractivity contribution in [3.05, 3.63) is 76.9 Å². The molecular formula is C19H15ClO2. The number of hydrogen-bond acceptors (Lipinski definition) is 2. The third-order valence-corrected chi connectivity index (χ3v) is 4.98. The van der Waals surface area contributed by atoms with Crippen molar-refractivity contribution in [3.8, 4) is 0 Å². The molecule has 22 heavy (non-hydrogen) atoms. The molecule has 0 N–H and O–H groups in total. The minimum absolute atomic E-state index is 0.0672. The molecule has 2 aliphatic rings. The van der Waals surface area contributed by atoms with Crippen molar-refractivity contribution in [2.24, 2.45) is 5.92 Å². The van der Waals surface area contributed by atoms with E-state index in [1.165, 1.54) is 11.1 Å². The van der Waals surface area contributed by atoms with E-state index < -0.39 is 0 Å². The van der Waals surface area contributed by atoms with Crippen molar-refractivity contribution >= 4 is 22.6 Å². The van der Waals surface area contributed by atoms with Gasteiger partial charge in [-0.1, -0.05) is 66.2 Å². The van der Waals surface area contributed by atoms with Crippen LogP contribution < -0.4 is 0 Å². The number of rotatable bonds is 1. The smallest absolute Gasteiger partial charge is 0.335 e. The van der Waals surface area contributed by atoms with Crippen LogP contribution in [0, 0.1) is 5.92 Å². The molecule has 0 spiro atoms. The van der Waals surface area contributed by atoms with Crippen LogP contribution in [0.1, 0.15) is 29.0 Å². The van der Waals surface area contributed by atoms with Gasteiger partial charge in [-0.15, -0.1) is 0 Å². The number of hydrogen-bond donors (Lipinski definition) is 0. The highest BCUT2D eigenvalue weighted by Gasteiger charge is 2.39. The van der Waals surface area contributed by atoms with Gasteiger partial charge in [-0.05, 0) is 23.1 Å². The van der Waals surface area contributed by atoms with E-state index in [2.05, 4.69) is 30.3 Å². The normalized spacial score (nSPS) is 23.6. The summed E-state index contributed by atoms with van der Waals surface area (Å²) in [5, 5.41) is 0.557. The lowest BCUT2D eigenvalue weighted by molar-refractivity contribution is -0.135. The van der Waals surface area contributed by atoms with Crippen LogP contribution in [0.3, 0.4) is 0 Å². The van der Waals surface area contributed by atoms with Gasteiger partial charge in [0.05, 0.1) is 17.2 Å². The molecule has 2 aromatic carbocycles. The van der Waals surface area contributed by atoms with Crippen LogP contribution in [0.25, 0.3) is 5.03 Å². The first kappa shape index (κ1) is 13.6. The van der Waals surface area contributed by atoms with E-state index in [0.717, 1.165) is 12.0 Å². The maximum absolute atomic E-state index is 12.1. The number of fused-ring (bicyclic) bond motifs is 2. The Hall–Kier alpha value is -2.06. The number of ether oxygens (including phenoxy) is 1. The van der Waals surface area contributed by atoms with Gasteiger partial charge in [0, 0.05) is 11.8 Å². The predicted octanol–water partition coefficient (Wildman–Crippen LogP) is 4.35. The van der Waals surface area contributed by atoms with Gasteiger partial charge >= 0.3 is 5.97 Å². The van der Waals surface area contributed by atoms with E-state index in [1.54, 1.807) is 0 Å². The second-order valence-corrected chi connectivity index (χ2v) is 6.19. The molecule has 0 aromatic heterocycles. The fourth-order valence-corrected chi connectivity index (χ4v) is 3.92. The lowest BCUT2D eigenvalue weighted by Gasteiger charge is -2.20. The molecule has 4 rings (SSSR count). The highest BCUT2D eigenvalue weighted by Crippen LogP contribution is 2.46. The molecule has 1 heterocycles. The fourth-order valence-electron chi connectivity index (χ4n) is 3.52. The summed E-state index contributed by atoms with van der Waals surface area (Å²) in [5.41, 5.74) is 4.04. The van der Waals surface area contributed by atoms with Crippen LogP contribution in [0.15, 0.2) is 60.2 Å². The molecule has 1 fully saturated rings. The van der Waals surface area contributed by atoms with Gasteiger partial charge in [0.25, 0.3) is 0 Å². The lowest BCUT2D eigenvalue weighted by atomic mass is 9.83. The Morgan fingerprint density at radius 2 is 1.73 bits per heavy atom. The summed E-state index contributed by atoms with van der Waals surface area (Å²) in [6.07, 6.45) is 0.846. The summed E-state index contributed by atoms with van der Waals surface area (Å²) < 4.78 is 5.24. The first-order valence-electron chi connectivity index (χ1n) is 7.46. The molecule has 2 atom stereocenters. The summed E-state index contributed by atoms with van der Waals surface area (Å²) in [5.74, 6) is 0.0271. The Morgan fingerprint density at radius 3 is 2.55 bits per heavy atom. The van der Waals surface area contributed by atoms with E-state index in [0.29, 0.717) is 17.2 Å². The quantitative estimate of drug-likeness (QED) is 0.732. The largest absolute Gasteiger partial charge is 0.462 e. The zero-order chi connectivity index (χ0) is 15.1. The molecule has 1 aliphatic carbocycles. The van der Waals surface area contributed by atoms with E-state index in [4.69, 9.17) is 16.3 Å². The van der Waals surface area contributed by atoms with E-state index in [1.807, 2.05) is 24.3 Å². The summed E-state index contributed by atoms with van der Waals surface area (Å²) in [4.78, 5) is 12.1. The summed E-state index contributed by atoms with van der Waals surface area (Å²) in [6, 6.07) is 18.5. The highest BCUT2D eigenvalue weighted by molar-refractivity contribution is 6.51. The molecule has 0 amide bonds. The Balaban J connectivity index is 1.92. The molecule has 2 unspecified atom stereocenters. The van der Waals surface area contributed by atoms with Gasteiger partial charge in [-0.25, -0.2) is 4.79 Å². The minimum Gasteiger partial charge on any atom is -0.462 e. The van der Waals surface area contributed by atoms with Crippen LogP contribution in [0.2, 0.25) is 0 Å². The van der Waals surface area contributed by atoms with Gasteiger partial charge in [0.2, 0.25) is 0 Å². The first-order chi connectivity index (χ1) is 10.8. The van der Waals surface area contributed by atoms with Crippen LogP contribution in [0.4, 0.5) is 0 Å². The molecule has 2 aromatic rings. The van der Waals surface area contributed by atoms with Crippen LogP contribution in [0.5, 0.6) is 0 Å². The molecule has 0 saturated carbocycles. The minimum atomic E-state index is -0.265. The average Bonchev–Trinajstić information content (AvgIpc) is 2.87. The van der Waals surface area contributed by atoms with Crippen LogP contribution >= 0.6 is 11.6 Å². The molecule has 1 aliphatic heterocycles. The topological polar surface area (TPSA) is 26.3 Å². The third-order valence-electron chi connectivity index (χ3n) is 4.58. The molecular weight excluding hydrogens is 296 g/mol. The van der Waals surface area contributed by atoms with E-state index >= 15 is 0 Å². The Bertz CT molecular complexity index is 764. The maximum Gasteiger partial charge on any atom is 0.335 e. The zero-order valence-electron chi connectivity index (χ0n) is 12.0. The second-order valence-electron chi connectivity index (χ2n) is 5.81. The number of cyclic esters (lactones) is 1. The number of benzene rings is 2. The Morgan fingerprint density at radius 1 is 1.00 bits per heavy atom. The van der Waals surface area contributed by atoms with Crippen molar-refractivity contribution in [2.45, 2.75) is 12.3 Å². The summed E-state index contributed by atoms with van der Waals surface area (Å²) >= 11 is 6.58. The molecule has 3 heteroatoms. The predicted molar refractivity (Wildman–Crippen MR) is 86.6 cm³/mol. The highest BCUT2D eigenvalue weighted by atomic mass is 35.5. The monoisotopic (exact) mass is 310 g/mol. The van der Waals surface area contributed by atoms with E-state index in [9.17, 15) is 4.79 Å². The van der Waals surface area contributed by atoms with Gasteiger partial charge in [0.15, 0.2) is 0 Å². The molecule has 110 valence electrons. The number of carbonyl (C=O) groups is 1. The lowest BCUT2D eigenvalue weighted by Crippen LogP contribution is -2.09. The van der Waals surface area contributed by atoms with Gasteiger partial charge in [0.1, 0.15) is 0 Å². The molecule has 1 saturated heterocycles. The van der Waals surface area contributed by atoms with Crippen molar-refractivity contribution in [2.75, 3.05) is 6.61 Å². The van der Waals surface area contributed by atoms with Crippen molar-refractivity contribution < 1.29 is 9.53 Å². The number of halogens is 1. The third kappa shape index (κ3) is 2.06. The Labute approximate surface area is 134 Å². The number of carbonyl (C=O) groups excluding carboxylic acids is 1.